The second-order valence-electron chi connectivity index (χ2n) is 3.06. The molecule has 2 nitrogen and oxygen atoms in total. The van der Waals surface area contributed by atoms with E-state index in [0.717, 1.165) is 15.5 Å². The van der Waals surface area contributed by atoms with Crippen molar-refractivity contribution in [2.45, 2.75) is 13.1 Å². The molecule has 0 atom stereocenters. The topological polar surface area (TPSA) is 30.9 Å². The van der Waals surface area contributed by atoms with Crippen LogP contribution in [0.2, 0.25) is 0 Å². The van der Waals surface area contributed by atoms with E-state index in [-0.39, 0.29) is 6.54 Å². The summed E-state index contributed by atoms with van der Waals surface area (Å²) in [6, 6.07) is 7.02. The molecule has 0 amide bonds. The highest BCUT2D eigenvalue weighted by Gasteiger charge is 2.12. The lowest BCUT2D eigenvalue weighted by atomic mass is 10.2. The van der Waals surface area contributed by atoms with Crippen molar-refractivity contribution < 1.29 is 8.78 Å². The minimum Gasteiger partial charge on any atom is -0.326 e. The number of nitrogens with zero attached hydrogens (tertiary/aromatic N) is 1. The summed E-state index contributed by atoms with van der Waals surface area (Å²) in [5, 5.41) is 0.801. The fourth-order valence-corrected chi connectivity index (χ4v) is 1.60. The third kappa shape index (κ3) is 1.28. The summed E-state index contributed by atoms with van der Waals surface area (Å²) >= 11 is 0. The van der Waals surface area contributed by atoms with Gasteiger partial charge in [0.1, 0.15) is 0 Å². The third-order valence-electron chi connectivity index (χ3n) is 2.25. The first kappa shape index (κ1) is 9.15. The first-order valence-corrected chi connectivity index (χ1v) is 4.30. The number of fused-ring (bicyclic) bond motifs is 1. The van der Waals surface area contributed by atoms with E-state index in [1.165, 1.54) is 6.20 Å². The normalized spacial score (nSPS) is 11.4. The number of benzene rings is 1. The predicted molar refractivity (Wildman–Crippen MR) is 51.1 cm³/mol. The maximum absolute atomic E-state index is 12.6. The molecule has 74 valence electrons. The molecule has 0 radical (unpaired) electrons. The van der Waals surface area contributed by atoms with E-state index in [1.54, 1.807) is 18.2 Å². The van der Waals surface area contributed by atoms with Crippen molar-refractivity contribution in [2.75, 3.05) is 0 Å². The van der Waals surface area contributed by atoms with E-state index in [1.807, 2.05) is 6.07 Å². The Morgan fingerprint density at radius 1 is 1.29 bits per heavy atom. The minimum atomic E-state index is -2.51. The first-order chi connectivity index (χ1) is 6.74. The van der Waals surface area contributed by atoms with Crippen molar-refractivity contribution in [1.82, 2.24) is 4.57 Å². The van der Waals surface area contributed by atoms with Gasteiger partial charge in [0.15, 0.2) is 0 Å². The molecular weight excluding hydrogens is 186 g/mol. The zero-order valence-corrected chi connectivity index (χ0v) is 7.45. The molecule has 2 N–H and O–H groups in total. The molecule has 0 aliphatic carbocycles. The van der Waals surface area contributed by atoms with Gasteiger partial charge in [0.05, 0.1) is 5.52 Å². The molecule has 0 bridgehead atoms. The van der Waals surface area contributed by atoms with Crippen LogP contribution in [-0.4, -0.2) is 4.57 Å². The number of nitrogens with two attached hydrogens (primary N) is 1. The summed E-state index contributed by atoms with van der Waals surface area (Å²) in [6.07, 6.45) is 1.41. The van der Waals surface area contributed by atoms with Gasteiger partial charge in [-0.05, 0) is 11.6 Å². The largest absolute Gasteiger partial charge is 0.326 e. The van der Waals surface area contributed by atoms with Crippen LogP contribution in [0.15, 0.2) is 30.5 Å². The Balaban J connectivity index is 2.73. The zero-order valence-electron chi connectivity index (χ0n) is 7.45. The Hall–Kier alpha value is -1.42. The fourth-order valence-electron chi connectivity index (χ4n) is 1.60. The summed E-state index contributed by atoms with van der Waals surface area (Å²) < 4.78 is 26.1. The van der Waals surface area contributed by atoms with Crippen LogP contribution in [0.1, 0.15) is 12.1 Å². The van der Waals surface area contributed by atoms with Gasteiger partial charge >= 0.3 is 6.55 Å². The van der Waals surface area contributed by atoms with Crippen LogP contribution in [0.5, 0.6) is 0 Å². The third-order valence-corrected chi connectivity index (χ3v) is 2.25. The monoisotopic (exact) mass is 196 g/mol. The number of hydrogen-bond donors (Lipinski definition) is 1. The smallest absolute Gasteiger partial charge is 0.319 e. The van der Waals surface area contributed by atoms with Gasteiger partial charge in [-0.15, -0.1) is 0 Å². The van der Waals surface area contributed by atoms with E-state index < -0.39 is 6.55 Å². The highest BCUT2D eigenvalue weighted by Crippen LogP contribution is 2.25. The number of hydrogen-bond acceptors (Lipinski definition) is 1. The number of aromatic nitrogens is 1. The van der Waals surface area contributed by atoms with Crippen LogP contribution in [0.3, 0.4) is 0 Å². The van der Waals surface area contributed by atoms with E-state index in [4.69, 9.17) is 5.73 Å². The summed E-state index contributed by atoms with van der Waals surface area (Å²) in [6.45, 7) is -2.24. The Kier molecular flexibility index (Phi) is 2.21. The number of rotatable bonds is 2. The summed E-state index contributed by atoms with van der Waals surface area (Å²) in [5.41, 5.74) is 6.75. The van der Waals surface area contributed by atoms with Crippen molar-refractivity contribution in [1.29, 1.82) is 0 Å². The van der Waals surface area contributed by atoms with Gasteiger partial charge in [0.2, 0.25) is 0 Å². The second kappa shape index (κ2) is 3.38. The highest BCUT2D eigenvalue weighted by atomic mass is 19.3. The summed E-state index contributed by atoms with van der Waals surface area (Å²) in [5.74, 6) is 0. The lowest BCUT2D eigenvalue weighted by molar-refractivity contribution is 0.0751. The lowest BCUT2D eigenvalue weighted by Gasteiger charge is -2.01. The maximum atomic E-state index is 12.6. The van der Waals surface area contributed by atoms with Crippen molar-refractivity contribution in [3.63, 3.8) is 0 Å². The van der Waals surface area contributed by atoms with Gasteiger partial charge in [-0.1, -0.05) is 18.2 Å². The maximum Gasteiger partial charge on any atom is 0.319 e. The molecule has 0 spiro atoms. The van der Waals surface area contributed by atoms with Crippen molar-refractivity contribution in [3.05, 3.63) is 36.0 Å². The molecule has 0 aliphatic rings. The van der Waals surface area contributed by atoms with Gasteiger partial charge in [-0.2, -0.15) is 8.78 Å². The molecule has 2 rings (SSSR count). The van der Waals surface area contributed by atoms with Gasteiger partial charge in [-0.25, -0.2) is 0 Å². The average molecular weight is 196 g/mol. The average Bonchev–Trinajstić information content (AvgIpc) is 2.56. The van der Waals surface area contributed by atoms with Crippen molar-refractivity contribution in [2.24, 2.45) is 5.73 Å². The molecule has 0 unspecified atom stereocenters. The molecule has 1 aromatic heterocycles. The SMILES string of the molecule is NCc1cn(C(F)F)c2ccccc12. The zero-order chi connectivity index (χ0) is 10.1. The van der Waals surface area contributed by atoms with Crippen LogP contribution < -0.4 is 5.73 Å². The highest BCUT2D eigenvalue weighted by molar-refractivity contribution is 5.83. The number of halogens is 2. The molecule has 1 heterocycles. The Morgan fingerprint density at radius 3 is 2.64 bits per heavy atom. The Morgan fingerprint density at radius 2 is 2.00 bits per heavy atom. The molecule has 1 aromatic carbocycles. The molecule has 14 heavy (non-hydrogen) atoms. The predicted octanol–water partition coefficient (Wildman–Crippen LogP) is 2.50. The Bertz CT molecular complexity index is 448. The molecule has 0 saturated carbocycles. The lowest BCUT2D eigenvalue weighted by Crippen LogP contribution is -1.96. The van der Waals surface area contributed by atoms with Crippen LogP contribution in [0, 0.1) is 0 Å². The van der Waals surface area contributed by atoms with Crippen LogP contribution in [-0.2, 0) is 6.54 Å². The van der Waals surface area contributed by atoms with Gasteiger partial charge < -0.3 is 5.73 Å². The number of alkyl halides is 2. The quantitative estimate of drug-likeness (QED) is 0.786. The van der Waals surface area contributed by atoms with Gasteiger partial charge in [-0.3, -0.25) is 4.57 Å². The van der Waals surface area contributed by atoms with Crippen LogP contribution in [0.4, 0.5) is 8.78 Å². The second-order valence-corrected chi connectivity index (χ2v) is 3.06. The van der Waals surface area contributed by atoms with Gasteiger partial charge in [0, 0.05) is 18.1 Å². The van der Waals surface area contributed by atoms with E-state index >= 15 is 0 Å². The Labute approximate surface area is 79.9 Å². The number of para-hydroxylation sites is 1. The van der Waals surface area contributed by atoms with Crippen molar-refractivity contribution >= 4 is 10.9 Å². The minimum absolute atomic E-state index is 0.278. The van der Waals surface area contributed by atoms with E-state index in [9.17, 15) is 8.78 Å². The fraction of sp³-hybridized carbons (Fsp3) is 0.200. The van der Waals surface area contributed by atoms with Crippen LogP contribution in [0.25, 0.3) is 10.9 Å². The van der Waals surface area contributed by atoms with Gasteiger partial charge in [0.25, 0.3) is 0 Å². The molecule has 2 aromatic rings. The van der Waals surface area contributed by atoms with E-state index in [0.29, 0.717) is 5.52 Å². The molecule has 0 aliphatic heterocycles. The summed E-state index contributed by atoms with van der Waals surface area (Å²) in [4.78, 5) is 0. The standard InChI is InChI=1S/C10H10F2N2/c11-10(12)14-6-7(5-13)8-3-1-2-4-9(8)14/h1-4,6,10H,5,13H2. The molecular formula is C10H10F2N2. The van der Waals surface area contributed by atoms with E-state index in [2.05, 4.69) is 0 Å². The molecule has 4 heteroatoms. The summed E-state index contributed by atoms with van der Waals surface area (Å²) in [7, 11) is 0. The molecule has 0 fully saturated rings. The molecule has 0 saturated heterocycles. The van der Waals surface area contributed by atoms with Crippen LogP contribution >= 0.6 is 0 Å². The van der Waals surface area contributed by atoms with Crippen molar-refractivity contribution in [3.8, 4) is 0 Å². The first-order valence-electron chi connectivity index (χ1n) is 4.30.